The number of benzene rings is 2. The number of aliphatic imine (C=N–C) groups is 1. The minimum atomic E-state index is -0.686. The number of rotatable bonds is 8. The first-order valence-electron chi connectivity index (χ1n) is 14.8. The number of H-pyrrole nitrogens is 1. The van der Waals surface area contributed by atoms with Gasteiger partial charge in [-0.25, -0.2) is 4.39 Å². The second-order valence-electron chi connectivity index (χ2n) is 12.7. The molecule has 0 saturated heterocycles. The molecule has 42 heavy (non-hydrogen) atoms. The summed E-state index contributed by atoms with van der Waals surface area (Å²) < 4.78 is 14.5. The molecule has 2 aromatic carbocycles. The fourth-order valence-electron chi connectivity index (χ4n) is 6.50. The summed E-state index contributed by atoms with van der Waals surface area (Å²) in [7, 11) is 0. The molecule has 222 valence electrons. The number of amides is 2. The maximum atomic E-state index is 14.5. The van der Waals surface area contributed by atoms with Gasteiger partial charge in [0.25, 0.3) is 11.8 Å². The van der Waals surface area contributed by atoms with Crippen LogP contribution in [0.25, 0.3) is 0 Å². The average Bonchev–Trinajstić information content (AvgIpc) is 3.56. The number of nitrogens with one attached hydrogen (secondary N) is 2. The van der Waals surface area contributed by atoms with Gasteiger partial charge in [0.15, 0.2) is 5.82 Å². The van der Waals surface area contributed by atoms with E-state index in [2.05, 4.69) is 53.6 Å². The maximum absolute atomic E-state index is 14.5. The number of aryl methyl sites for hydroxylation is 1. The molecule has 3 aromatic rings. The molecule has 10 heteroatoms. The van der Waals surface area contributed by atoms with Crippen LogP contribution in [0, 0.1) is 24.1 Å². The summed E-state index contributed by atoms with van der Waals surface area (Å²) in [6, 6.07) is 11.9. The van der Waals surface area contributed by atoms with E-state index in [1.165, 1.54) is 12.1 Å². The molecule has 2 N–H and O–H groups in total. The molecule has 1 aliphatic carbocycles. The Balaban J connectivity index is 1.47. The Morgan fingerprint density at radius 2 is 1.88 bits per heavy atom. The summed E-state index contributed by atoms with van der Waals surface area (Å²) in [6.07, 6.45) is 5.04. The molecular formula is C32H40FN7O2. The van der Waals surface area contributed by atoms with Crippen LogP contribution in [0.3, 0.4) is 0 Å². The van der Waals surface area contributed by atoms with Gasteiger partial charge in [0, 0.05) is 11.1 Å². The van der Waals surface area contributed by atoms with Crippen LogP contribution in [0.5, 0.6) is 0 Å². The fraction of sp³-hybridized carbons (Fsp3) is 0.500. The Bertz CT molecular complexity index is 1430. The number of hydrogen-bond donors (Lipinski definition) is 2. The summed E-state index contributed by atoms with van der Waals surface area (Å²) in [5.74, 6) is 0.147. The minimum Gasteiger partial charge on any atom is -0.345 e. The molecule has 1 saturated carbocycles. The molecule has 0 unspecified atom stereocenters. The lowest BCUT2D eigenvalue weighted by molar-refractivity contribution is -0.133. The minimum absolute atomic E-state index is 0.158. The third kappa shape index (κ3) is 5.98. The van der Waals surface area contributed by atoms with Gasteiger partial charge >= 0.3 is 0 Å². The Labute approximate surface area is 246 Å². The van der Waals surface area contributed by atoms with Gasteiger partial charge in [-0.1, -0.05) is 51.5 Å². The van der Waals surface area contributed by atoms with Crippen LogP contribution < -0.4 is 5.32 Å². The number of carbonyl (C=O) groups excluding carboxylic acids is 2. The molecule has 9 nitrogen and oxygen atoms in total. The highest BCUT2D eigenvalue weighted by atomic mass is 19.1. The lowest BCUT2D eigenvalue weighted by Crippen LogP contribution is -2.51. The summed E-state index contributed by atoms with van der Waals surface area (Å²) in [5.41, 5.74) is 2.55. The van der Waals surface area contributed by atoms with Crippen LogP contribution in [0.4, 0.5) is 4.39 Å². The van der Waals surface area contributed by atoms with Gasteiger partial charge in [-0.2, -0.15) is 5.21 Å². The van der Waals surface area contributed by atoms with Gasteiger partial charge in [-0.3, -0.25) is 14.6 Å². The van der Waals surface area contributed by atoms with E-state index in [1.807, 2.05) is 30.0 Å². The van der Waals surface area contributed by atoms with Crippen molar-refractivity contribution < 1.29 is 14.0 Å². The van der Waals surface area contributed by atoms with Gasteiger partial charge in [0.1, 0.15) is 17.2 Å². The summed E-state index contributed by atoms with van der Waals surface area (Å²) in [4.78, 5) is 34.2. The largest absolute Gasteiger partial charge is 0.345 e. The number of aromatic nitrogens is 4. The van der Waals surface area contributed by atoms with Crippen molar-refractivity contribution in [1.82, 2.24) is 30.8 Å². The molecule has 0 radical (unpaired) electrons. The number of aromatic amines is 1. The third-order valence-corrected chi connectivity index (χ3v) is 8.74. The monoisotopic (exact) mass is 573 g/mol. The van der Waals surface area contributed by atoms with E-state index in [1.54, 1.807) is 12.1 Å². The predicted octanol–water partition coefficient (Wildman–Crippen LogP) is 5.68. The van der Waals surface area contributed by atoms with E-state index >= 15 is 0 Å². The van der Waals surface area contributed by atoms with Crippen molar-refractivity contribution in [3.63, 3.8) is 0 Å². The van der Waals surface area contributed by atoms with Crippen molar-refractivity contribution >= 4 is 17.5 Å². The normalized spacial score (nSPS) is 21.5. The quantitative estimate of drug-likeness (QED) is 0.360. The van der Waals surface area contributed by atoms with Crippen molar-refractivity contribution in [3.05, 3.63) is 76.4 Å². The molecule has 2 amide bonds. The number of hydrogen-bond acceptors (Lipinski definition) is 6. The first-order valence-corrected chi connectivity index (χ1v) is 14.8. The van der Waals surface area contributed by atoms with E-state index in [4.69, 9.17) is 4.99 Å². The molecule has 2 aliphatic rings. The van der Waals surface area contributed by atoms with Gasteiger partial charge in [0.2, 0.25) is 0 Å². The zero-order valence-corrected chi connectivity index (χ0v) is 25.1. The molecule has 1 fully saturated rings. The van der Waals surface area contributed by atoms with Crippen molar-refractivity contribution in [2.24, 2.45) is 16.3 Å². The van der Waals surface area contributed by atoms with Crippen LogP contribution in [0.1, 0.15) is 105 Å². The van der Waals surface area contributed by atoms with E-state index in [0.717, 1.165) is 49.7 Å². The molecule has 1 aliphatic heterocycles. The van der Waals surface area contributed by atoms with E-state index in [-0.39, 0.29) is 35.6 Å². The summed E-state index contributed by atoms with van der Waals surface area (Å²) in [6.45, 7) is 10.9. The predicted molar refractivity (Wildman–Crippen MR) is 158 cm³/mol. The smallest absolute Gasteiger partial charge is 0.275 e. The number of nitrogens with zero attached hydrogens (tertiary/aromatic N) is 5. The molecule has 2 heterocycles. The first-order chi connectivity index (χ1) is 20.0. The van der Waals surface area contributed by atoms with Crippen LogP contribution in [0.15, 0.2) is 47.5 Å². The highest BCUT2D eigenvalue weighted by Crippen LogP contribution is 2.49. The van der Waals surface area contributed by atoms with Gasteiger partial charge in [0.05, 0.1) is 12.6 Å². The summed E-state index contributed by atoms with van der Waals surface area (Å²) >= 11 is 0. The molecule has 1 spiro atoms. The number of halogens is 1. The van der Waals surface area contributed by atoms with Gasteiger partial charge in [-0.05, 0) is 91.8 Å². The second kappa shape index (κ2) is 11.7. The topological polar surface area (TPSA) is 116 Å². The molecule has 0 bridgehead atoms. The van der Waals surface area contributed by atoms with E-state index < -0.39 is 5.66 Å². The van der Waals surface area contributed by atoms with Gasteiger partial charge < -0.3 is 10.2 Å². The first kappa shape index (κ1) is 29.5. The standard InChI is InChI=1S/C32H40FN7O2/c1-6-7-26(21-8-10-22(11-9-21)29(41)34-19-27-36-38-39-37-27)40-30(42)28(23-16-20(2)17-25(33)18-23)35-32(40)14-12-24(13-15-32)31(3,4)5/h8-11,16-18,24,26H,6-7,12-15,19H2,1-5H3,(H,34,41)(H,36,37,38,39)/t24?,26-,32?/m1/s1. The van der Waals surface area contributed by atoms with Crippen LogP contribution >= 0.6 is 0 Å². The van der Waals surface area contributed by atoms with Crippen LogP contribution in [-0.4, -0.2) is 48.7 Å². The van der Waals surface area contributed by atoms with Crippen LogP contribution in [0.2, 0.25) is 0 Å². The Morgan fingerprint density at radius 3 is 2.48 bits per heavy atom. The fourth-order valence-corrected chi connectivity index (χ4v) is 6.50. The highest BCUT2D eigenvalue weighted by Gasteiger charge is 2.52. The second-order valence-corrected chi connectivity index (χ2v) is 12.7. The average molecular weight is 574 g/mol. The van der Waals surface area contributed by atoms with Crippen LogP contribution in [-0.2, 0) is 11.3 Å². The van der Waals surface area contributed by atoms with E-state index in [0.29, 0.717) is 28.6 Å². The highest BCUT2D eigenvalue weighted by molar-refractivity contribution is 6.46. The third-order valence-electron chi connectivity index (χ3n) is 8.74. The Kier molecular flexibility index (Phi) is 8.25. The summed E-state index contributed by atoms with van der Waals surface area (Å²) in [5, 5.41) is 16.4. The van der Waals surface area contributed by atoms with Crippen molar-refractivity contribution in [2.45, 2.75) is 91.4 Å². The molecule has 1 aromatic heterocycles. The van der Waals surface area contributed by atoms with Crippen molar-refractivity contribution in [2.75, 3.05) is 0 Å². The van der Waals surface area contributed by atoms with Gasteiger partial charge in [-0.15, -0.1) is 10.2 Å². The molecular weight excluding hydrogens is 533 g/mol. The molecule has 5 rings (SSSR count). The zero-order valence-electron chi connectivity index (χ0n) is 25.1. The molecule has 1 atom stereocenters. The SMILES string of the molecule is CCC[C@H](c1ccc(C(=O)NCc2nn[nH]n2)cc1)N1C(=O)C(c2cc(C)cc(F)c2)=NC12CCC(C(C)(C)C)CC2. The maximum Gasteiger partial charge on any atom is 0.275 e. The Morgan fingerprint density at radius 1 is 1.17 bits per heavy atom. The van der Waals surface area contributed by atoms with Crippen molar-refractivity contribution in [3.8, 4) is 0 Å². The lowest BCUT2D eigenvalue weighted by atomic mass is 9.69. The zero-order chi connectivity index (χ0) is 30.1. The number of carbonyl (C=O) groups is 2. The van der Waals surface area contributed by atoms with Crippen molar-refractivity contribution in [1.29, 1.82) is 0 Å². The van der Waals surface area contributed by atoms with E-state index in [9.17, 15) is 14.0 Å². The lowest BCUT2D eigenvalue weighted by Gasteiger charge is -2.47. The number of tetrazole rings is 1. The Hall–Kier alpha value is -3.95.